The predicted molar refractivity (Wildman–Crippen MR) is 84.2 cm³/mol. The SMILES string of the molecule is CCCCN(CCCC)c1c(C)cccc1C(=N)N. The molecule has 0 spiro atoms. The Morgan fingerprint density at radius 1 is 1.16 bits per heavy atom. The third-order valence-corrected chi connectivity index (χ3v) is 3.41. The van der Waals surface area contributed by atoms with E-state index in [0.717, 1.165) is 24.3 Å². The highest BCUT2D eigenvalue weighted by Crippen LogP contribution is 2.25. The van der Waals surface area contributed by atoms with Crippen molar-refractivity contribution >= 4 is 11.5 Å². The van der Waals surface area contributed by atoms with Crippen molar-refractivity contribution < 1.29 is 0 Å². The molecular weight excluding hydrogens is 234 g/mol. The van der Waals surface area contributed by atoms with Gasteiger partial charge in [0, 0.05) is 18.7 Å². The van der Waals surface area contributed by atoms with Crippen molar-refractivity contribution in [2.75, 3.05) is 18.0 Å². The summed E-state index contributed by atoms with van der Waals surface area (Å²) in [6, 6.07) is 6.04. The second-order valence-electron chi connectivity index (χ2n) is 5.08. The van der Waals surface area contributed by atoms with E-state index in [4.69, 9.17) is 11.1 Å². The van der Waals surface area contributed by atoms with Gasteiger partial charge < -0.3 is 10.6 Å². The number of anilines is 1. The van der Waals surface area contributed by atoms with Crippen molar-refractivity contribution in [1.29, 1.82) is 5.41 Å². The molecule has 0 aromatic heterocycles. The van der Waals surface area contributed by atoms with Crippen LogP contribution in [0, 0.1) is 12.3 Å². The van der Waals surface area contributed by atoms with Gasteiger partial charge in [0.1, 0.15) is 5.84 Å². The summed E-state index contributed by atoms with van der Waals surface area (Å²) >= 11 is 0. The number of nitrogens with zero attached hydrogens (tertiary/aromatic N) is 1. The number of rotatable bonds is 8. The monoisotopic (exact) mass is 261 g/mol. The molecule has 1 aromatic rings. The van der Waals surface area contributed by atoms with Gasteiger partial charge >= 0.3 is 0 Å². The molecule has 0 saturated heterocycles. The fourth-order valence-corrected chi connectivity index (χ4v) is 2.33. The quantitative estimate of drug-likeness (QED) is 0.554. The molecule has 3 nitrogen and oxygen atoms in total. The Labute approximate surface area is 117 Å². The van der Waals surface area contributed by atoms with Crippen LogP contribution in [0.3, 0.4) is 0 Å². The van der Waals surface area contributed by atoms with Gasteiger partial charge in [0.05, 0.1) is 5.69 Å². The van der Waals surface area contributed by atoms with Crippen LogP contribution in [-0.4, -0.2) is 18.9 Å². The number of unbranched alkanes of at least 4 members (excludes halogenated alkanes) is 2. The van der Waals surface area contributed by atoms with E-state index in [1.807, 2.05) is 12.1 Å². The third-order valence-electron chi connectivity index (χ3n) is 3.41. The van der Waals surface area contributed by atoms with Crippen LogP contribution < -0.4 is 10.6 Å². The molecule has 3 heteroatoms. The van der Waals surface area contributed by atoms with E-state index in [9.17, 15) is 0 Å². The lowest BCUT2D eigenvalue weighted by atomic mass is 10.0. The molecular formula is C16H27N3. The summed E-state index contributed by atoms with van der Waals surface area (Å²) < 4.78 is 0. The predicted octanol–water partition coefficient (Wildman–Crippen LogP) is 3.69. The van der Waals surface area contributed by atoms with Crippen LogP contribution in [0.1, 0.15) is 50.7 Å². The fourth-order valence-electron chi connectivity index (χ4n) is 2.33. The van der Waals surface area contributed by atoms with Crippen molar-refractivity contribution in [1.82, 2.24) is 0 Å². The van der Waals surface area contributed by atoms with E-state index in [2.05, 4.69) is 31.7 Å². The molecule has 0 amide bonds. The molecule has 0 unspecified atom stereocenters. The minimum atomic E-state index is 0.164. The standard InChI is InChI=1S/C16H27N3/c1-4-6-11-19(12-7-5-2)15-13(3)9-8-10-14(15)16(17)18/h8-10H,4-7,11-12H2,1-3H3,(H3,17,18). The third kappa shape index (κ3) is 4.27. The maximum absolute atomic E-state index is 7.77. The Balaban J connectivity index is 3.08. The molecule has 19 heavy (non-hydrogen) atoms. The van der Waals surface area contributed by atoms with Gasteiger partial charge in [0.25, 0.3) is 0 Å². The number of benzene rings is 1. The Bertz CT molecular complexity index is 404. The highest BCUT2D eigenvalue weighted by atomic mass is 15.1. The Morgan fingerprint density at radius 3 is 2.21 bits per heavy atom. The first-order valence-corrected chi connectivity index (χ1v) is 7.30. The average molecular weight is 261 g/mol. The van der Waals surface area contributed by atoms with Gasteiger partial charge in [-0.05, 0) is 31.4 Å². The van der Waals surface area contributed by atoms with Gasteiger partial charge in [-0.3, -0.25) is 5.41 Å². The number of nitrogens with two attached hydrogens (primary N) is 1. The summed E-state index contributed by atoms with van der Waals surface area (Å²) in [5, 5.41) is 7.77. The van der Waals surface area contributed by atoms with Crippen LogP contribution in [-0.2, 0) is 0 Å². The van der Waals surface area contributed by atoms with Crippen molar-refractivity contribution in [3.05, 3.63) is 29.3 Å². The number of aryl methyl sites for hydroxylation is 1. The van der Waals surface area contributed by atoms with Gasteiger partial charge in [-0.2, -0.15) is 0 Å². The van der Waals surface area contributed by atoms with Crippen LogP contribution in [0.5, 0.6) is 0 Å². The highest BCUT2D eigenvalue weighted by molar-refractivity contribution is 6.01. The Hall–Kier alpha value is -1.51. The molecule has 0 aliphatic rings. The summed E-state index contributed by atoms with van der Waals surface area (Å²) in [7, 11) is 0. The fraction of sp³-hybridized carbons (Fsp3) is 0.562. The number of para-hydroxylation sites is 1. The van der Waals surface area contributed by atoms with Crippen molar-refractivity contribution in [3.8, 4) is 0 Å². The van der Waals surface area contributed by atoms with E-state index in [1.54, 1.807) is 0 Å². The normalized spacial score (nSPS) is 10.5. The lowest BCUT2D eigenvalue weighted by Gasteiger charge is -2.28. The molecule has 0 aliphatic carbocycles. The second kappa shape index (κ2) is 7.82. The maximum Gasteiger partial charge on any atom is 0.124 e. The zero-order valence-electron chi connectivity index (χ0n) is 12.5. The topological polar surface area (TPSA) is 53.1 Å². The van der Waals surface area contributed by atoms with Gasteiger partial charge in [-0.25, -0.2) is 0 Å². The highest BCUT2D eigenvalue weighted by Gasteiger charge is 2.14. The number of amidine groups is 1. The number of hydrogen-bond acceptors (Lipinski definition) is 2. The van der Waals surface area contributed by atoms with E-state index >= 15 is 0 Å². The first kappa shape index (κ1) is 15.5. The molecule has 106 valence electrons. The number of nitrogens with one attached hydrogen (secondary N) is 1. The molecule has 0 radical (unpaired) electrons. The Kier molecular flexibility index (Phi) is 6.40. The first-order valence-electron chi connectivity index (χ1n) is 7.30. The average Bonchev–Trinajstić information content (AvgIpc) is 2.39. The van der Waals surface area contributed by atoms with Gasteiger partial charge in [0.15, 0.2) is 0 Å². The van der Waals surface area contributed by atoms with Crippen molar-refractivity contribution in [2.24, 2.45) is 5.73 Å². The number of hydrogen-bond donors (Lipinski definition) is 2. The Morgan fingerprint density at radius 2 is 1.74 bits per heavy atom. The zero-order chi connectivity index (χ0) is 14.3. The van der Waals surface area contributed by atoms with Gasteiger partial charge in [-0.15, -0.1) is 0 Å². The van der Waals surface area contributed by atoms with Gasteiger partial charge in [-0.1, -0.05) is 38.8 Å². The molecule has 0 aliphatic heterocycles. The van der Waals surface area contributed by atoms with Crippen LogP contribution in [0.4, 0.5) is 5.69 Å². The molecule has 0 heterocycles. The molecule has 3 N–H and O–H groups in total. The summed E-state index contributed by atoms with van der Waals surface area (Å²) in [5.41, 5.74) is 8.96. The summed E-state index contributed by atoms with van der Waals surface area (Å²) in [6.45, 7) is 8.61. The van der Waals surface area contributed by atoms with Crippen LogP contribution in [0.25, 0.3) is 0 Å². The molecule has 1 rings (SSSR count). The summed E-state index contributed by atoms with van der Waals surface area (Å²) in [6.07, 6.45) is 4.72. The van der Waals surface area contributed by atoms with Crippen LogP contribution in [0.15, 0.2) is 18.2 Å². The van der Waals surface area contributed by atoms with E-state index in [1.165, 1.54) is 31.2 Å². The molecule has 1 aromatic carbocycles. The molecule has 0 saturated carbocycles. The van der Waals surface area contributed by atoms with Crippen LogP contribution in [0.2, 0.25) is 0 Å². The van der Waals surface area contributed by atoms with E-state index < -0.39 is 0 Å². The van der Waals surface area contributed by atoms with Crippen molar-refractivity contribution in [2.45, 2.75) is 46.5 Å². The largest absolute Gasteiger partial charge is 0.384 e. The smallest absolute Gasteiger partial charge is 0.124 e. The minimum absolute atomic E-state index is 0.164. The molecule has 0 atom stereocenters. The maximum atomic E-state index is 7.77. The van der Waals surface area contributed by atoms with E-state index in [0.29, 0.717) is 0 Å². The molecule has 0 bridgehead atoms. The zero-order valence-corrected chi connectivity index (χ0v) is 12.5. The second-order valence-corrected chi connectivity index (χ2v) is 5.08. The van der Waals surface area contributed by atoms with Gasteiger partial charge in [0.2, 0.25) is 0 Å². The minimum Gasteiger partial charge on any atom is -0.384 e. The number of nitrogen functional groups attached to an aromatic ring is 1. The first-order chi connectivity index (χ1) is 9.11. The summed E-state index contributed by atoms with van der Waals surface area (Å²) in [4.78, 5) is 2.40. The van der Waals surface area contributed by atoms with Crippen molar-refractivity contribution in [3.63, 3.8) is 0 Å². The van der Waals surface area contributed by atoms with E-state index in [-0.39, 0.29) is 5.84 Å². The lowest BCUT2D eigenvalue weighted by molar-refractivity contribution is 0.676. The lowest BCUT2D eigenvalue weighted by Crippen LogP contribution is -2.29. The summed E-state index contributed by atoms with van der Waals surface area (Å²) in [5.74, 6) is 0.164. The van der Waals surface area contributed by atoms with Crippen LogP contribution >= 0.6 is 0 Å². The molecule has 0 fully saturated rings.